The summed E-state index contributed by atoms with van der Waals surface area (Å²) in [6.45, 7) is 0. The first-order valence-corrected chi connectivity index (χ1v) is 14.5. The molecule has 8 fully saturated rings. The van der Waals surface area contributed by atoms with E-state index in [1.165, 1.54) is 88.2 Å². The number of benzene rings is 2. The second-order valence-electron chi connectivity index (χ2n) is 13.9. The third-order valence-electron chi connectivity index (χ3n) is 11.4. The van der Waals surface area contributed by atoms with Crippen molar-refractivity contribution in [3.05, 3.63) is 65.2 Å². The van der Waals surface area contributed by atoms with Crippen molar-refractivity contribution in [3.63, 3.8) is 0 Å². The second kappa shape index (κ2) is 7.46. The first kappa shape index (κ1) is 21.0. The summed E-state index contributed by atoms with van der Waals surface area (Å²) in [5.41, 5.74) is 4.38. The van der Waals surface area contributed by atoms with E-state index in [0.717, 1.165) is 41.1 Å². The molecule has 8 bridgehead atoms. The summed E-state index contributed by atoms with van der Waals surface area (Å²) in [4.78, 5) is 13.6. The van der Waals surface area contributed by atoms with Crippen LogP contribution in [0.3, 0.4) is 0 Å². The fraction of sp³-hybridized carbons (Fsp3) is 0.606. The Morgan fingerprint density at radius 1 is 0.600 bits per heavy atom. The lowest BCUT2D eigenvalue weighted by Gasteiger charge is -2.58. The lowest BCUT2D eigenvalue weighted by atomic mass is 9.46. The maximum Gasteiger partial charge on any atom is 0.343 e. The quantitative estimate of drug-likeness (QED) is 0.339. The molecule has 8 aliphatic rings. The Hall–Kier alpha value is -2.09. The van der Waals surface area contributed by atoms with Gasteiger partial charge in [-0.05, 0) is 159 Å². The molecule has 0 atom stereocenters. The molecule has 182 valence electrons. The Balaban J connectivity index is 1.23. The van der Waals surface area contributed by atoms with Crippen LogP contribution in [0.5, 0.6) is 5.75 Å². The van der Waals surface area contributed by atoms with Crippen LogP contribution in [0.2, 0.25) is 0 Å². The van der Waals surface area contributed by atoms with Crippen LogP contribution in [0.1, 0.15) is 98.5 Å². The van der Waals surface area contributed by atoms with Crippen molar-refractivity contribution in [2.75, 3.05) is 0 Å². The number of hydrogen-bond acceptors (Lipinski definition) is 2. The Kier molecular flexibility index (Phi) is 4.49. The van der Waals surface area contributed by atoms with Crippen LogP contribution >= 0.6 is 0 Å². The number of carbonyl (C=O) groups excluding carboxylic acids is 1. The zero-order chi connectivity index (χ0) is 23.2. The minimum atomic E-state index is -0.172. The lowest BCUT2D eigenvalue weighted by molar-refractivity contribution is -0.00841. The molecule has 8 saturated carbocycles. The average Bonchev–Trinajstić information content (AvgIpc) is 2.83. The monoisotopic (exact) mass is 466 g/mol. The zero-order valence-electron chi connectivity index (χ0n) is 20.9. The highest BCUT2D eigenvalue weighted by Gasteiger charge is 2.54. The molecule has 0 heterocycles. The molecule has 8 aliphatic carbocycles. The minimum absolute atomic E-state index is 0.172. The van der Waals surface area contributed by atoms with E-state index in [0.29, 0.717) is 16.6 Å². The van der Waals surface area contributed by atoms with Gasteiger partial charge < -0.3 is 4.74 Å². The van der Waals surface area contributed by atoms with E-state index in [-0.39, 0.29) is 5.97 Å². The van der Waals surface area contributed by atoms with Crippen molar-refractivity contribution in [2.45, 2.75) is 87.9 Å². The van der Waals surface area contributed by atoms with Gasteiger partial charge in [0.1, 0.15) is 5.75 Å². The number of rotatable bonds is 4. The van der Waals surface area contributed by atoms with E-state index in [2.05, 4.69) is 18.2 Å². The molecule has 2 nitrogen and oxygen atoms in total. The number of ether oxygens (including phenoxy) is 1. The van der Waals surface area contributed by atoms with Crippen molar-refractivity contribution in [3.8, 4) is 5.75 Å². The van der Waals surface area contributed by atoms with E-state index in [1.807, 2.05) is 30.3 Å². The van der Waals surface area contributed by atoms with Gasteiger partial charge in [-0.25, -0.2) is 4.79 Å². The van der Waals surface area contributed by atoms with E-state index in [4.69, 9.17) is 4.74 Å². The maximum atomic E-state index is 13.6. The highest BCUT2D eigenvalue weighted by Crippen LogP contribution is 2.63. The van der Waals surface area contributed by atoms with Crippen molar-refractivity contribution in [1.29, 1.82) is 0 Å². The number of esters is 1. The first-order valence-electron chi connectivity index (χ1n) is 14.5. The average molecular weight is 467 g/mol. The molecule has 0 aliphatic heterocycles. The third-order valence-corrected chi connectivity index (χ3v) is 11.4. The van der Waals surface area contributed by atoms with Crippen LogP contribution in [0, 0.1) is 35.5 Å². The summed E-state index contributed by atoms with van der Waals surface area (Å²) >= 11 is 0. The summed E-state index contributed by atoms with van der Waals surface area (Å²) in [6.07, 6.45) is 16.8. The largest absolute Gasteiger partial charge is 0.423 e. The number of para-hydroxylation sites is 1. The normalized spacial score (nSPS) is 42.4. The van der Waals surface area contributed by atoms with Gasteiger partial charge in [-0.1, -0.05) is 24.3 Å². The minimum Gasteiger partial charge on any atom is -0.423 e. The fourth-order valence-electron chi connectivity index (χ4n) is 10.9. The van der Waals surface area contributed by atoms with Gasteiger partial charge in [-0.3, -0.25) is 0 Å². The summed E-state index contributed by atoms with van der Waals surface area (Å²) < 4.78 is 5.91. The summed E-state index contributed by atoms with van der Waals surface area (Å²) in [5.74, 6) is 5.91. The maximum absolute atomic E-state index is 13.6. The molecule has 0 radical (unpaired) electrons. The van der Waals surface area contributed by atoms with Gasteiger partial charge >= 0.3 is 5.97 Å². The summed E-state index contributed by atoms with van der Waals surface area (Å²) in [5, 5.41) is 0. The Morgan fingerprint density at radius 2 is 1.00 bits per heavy atom. The van der Waals surface area contributed by atoms with E-state index >= 15 is 0 Å². The van der Waals surface area contributed by atoms with Crippen molar-refractivity contribution in [2.24, 2.45) is 35.5 Å². The van der Waals surface area contributed by atoms with Gasteiger partial charge in [-0.2, -0.15) is 0 Å². The SMILES string of the molecule is O=C(Oc1ccccc1)c1cc(C23CC4CC(CC(C4)C2)C3)cc(C23CC4CC(CC(C4)C2)C3)c1. The molecule has 10 rings (SSSR count). The predicted molar refractivity (Wildman–Crippen MR) is 138 cm³/mol. The van der Waals surface area contributed by atoms with Gasteiger partial charge in [0, 0.05) is 0 Å². The molecular formula is C33H38O2. The Bertz CT molecular complexity index is 1030. The van der Waals surface area contributed by atoms with Crippen molar-refractivity contribution in [1.82, 2.24) is 0 Å². The van der Waals surface area contributed by atoms with Gasteiger partial charge in [0.05, 0.1) is 5.56 Å². The highest BCUT2D eigenvalue weighted by atomic mass is 16.5. The van der Waals surface area contributed by atoms with Crippen molar-refractivity contribution < 1.29 is 9.53 Å². The van der Waals surface area contributed by atoms with Crippen LogP contribution in [-0.2, 0) is 10.8 Å². The third kappa shape index (κ3) is 3.38. The Labute approximate surface area is 209 Å². The molecule has 2 aromatic carbocycles. The topological polar surface area (TPSA) is 26.3 Å². The molecule has 0 spiro atoms. The highest BCUT2D eigenvalue weighted by molar-refractivity contribution is 5.91. The molecule has 0 unspecified atom stereocenters. The predicted octanol–water partition coefficient (Wildman–Crippen LogP) is 7.84. The van der Waals surface area contributed by atoms with Crippen LogP contribution in [-0.4, -0.2) is 5.97 Å². The zero-order valence-corrected chi connectivity index (χ0v) is 20.9. The number of hydrogen-bond donors (Lipinski definition) is 0. The van der Waals surface area contributed by atoms with Gasteiger partial charge in [0.25, 0.3) is 0 Å². The summed E-state index contributed by atoms with van der Waals surface area (Å²) in [6, 6.07) is 16.8. The van der Waals surface area contributed by atoms with Crippen LogP contribution < -0.4 is 4.74 Å². The standard InChI is InChI=1S/C33H38O2/c34-31(35-30-4-2-1-3-5-30)27-12-28(32-15-21-6-22(16-32)8-23(7-21)17-32)14-29(13-27)33-18-24-9-25(19-33)11-26(10-24)20-33/h1-5,12-14,21-26H,6-11,15-20H2. The van der Waals surface area contributed by atoms with Crippen molar-refractivity contribution >= 4 is 5.97 Å². The van der Waals surface area contributed by atoms with Crippen LogP contribution in [0.25, 0.3) is 0 Å². The van der Waals surface area contributed by atoms with Crippen LogP contribution in [0.15, 0.2) is 48.5 Å². The van der Waals surface area contributed by atoms with Gasteiger partial charge in [-0.15, -0.1) is 0 Å². The molecule has 2 heteroatoms. The molecular weight excluding hydrogens is 428 g/mol. The first-order chi connectivity index (χ1) is 17.0. The fourth-order valence-corrected chi connectivity index (χ4v) is 10.9. The van der Waals surface area contributed by atoms with Crippen LogP contribution in [0.4, 0.5) is 0 Å². The summed E-state index contributed by atoms with van der Waals surface area (Å²) in [7, 11) is 0. The molecule has 0 saturated heterocycles. The van der Waals surface area contributed by atoms with Gasteiger partial charge in [0.2, 0.25) is 0 Å². The smallest absolute Gasteiger partial charge is 0.343 e. The van der Waals surface area contributed by atoms with E-state index < -0.39 is 0 Å². The molecule has 2 aromatic rings. The molecule has 0 amide bonds. The number of carbonyl (C=O) groups is 1. The molecule has 35 heavy (non-hydrogen) atoms. The Morgan fingerprint density at radius 3 is 1.40 bits per heavy atom. The van der Waals surface area contributed by atoms with Gasteiger partial charge in [0.15, 0.2) is 0 Å². The van der Waals surface area contributed by atoms with E-state index in [9.17, 15) is 4.79 Å². The molecule has 0 N–H and O–H groups in total. The van der Waals surface area contributed by atoms with E-state index in [1.54, 1.807) is 0 Å². The second-order valence-corrected chi connectivity index (χ2v) is 13.9. The molecule has 0 aromatic heterocycles. The lowest BCUT2D eigenvalue weighted by Crippen LogP contribution is -2.50.